The zero-order valence-corrected chi connectivity index (χ0v) is 10.2. The number of nitrogens with one attached hydrogen (secondary N) is 1. The van der Waals surface area contributed by atoms with E-state index in [0.29, 0.717) is 12.6 Å². The van der Waals surface area contributed by atoms with Crippen molar-refractivity contribution in [3.8, 4) is 5.75 Å². The third-order valence-corrected chi connectivity index (χ3v) is 3.10. The molecule has 0 saturated carbocycles. The van der Waals surface area contributed by atoms with Gasteiger partial charge in [-0.05, 0) is 31.2 Å². The average Bonchev–Trinajstić information content (AvgIpc) is 2.34. The second kappa shape index (κ2) is 5.98. The summed E-state index contributed by atoms with van der Waals surface area (Å²) in [5.41, 5.74) is 0. The first-order valence-corrected chi connectivity index (χ1v) is 6.09. The lowest BCUT2D eigenvalue weighted by atomic mass is 10.2. The molecule has 0 bridgehead atoms. The molecule has 0 aromatic heterocycles. The Morgan fingerprint density at radius 1 is 1.41 bits per heavy atom. The highest BCUT2D eigenvalue weighted by molar-refractivity contribution is 5.21. The van der Waals surface area contributed by atoms with Gasteiger partial charge in [0, 0.05) is 32.2 Å². The number of piperazine rings is 1. The number of rotatable bonds is 4. The molecule has 0 spiro atoms. The molecule has 1 heterocycles. The van der Waals surface area contributed by atoms with Crippen LogP contribution in [-0.4, -0.2) is 43.7 Å². The summed E-state index contributed by atoms with van der Waals surface area (Å²) >= 11 is 0. The SMILES string of the molecule is CC1CNCCN1CCOc1ccc(F)cc1. The standard InChI is InChI=1S/C13H19FN2O/c1-11-10-15-6-7-16(11)8-9-17-13-4-2-12(14)3-5-13/h2-5,11,15H,6-10H2,1H3. The Balaban J connectivity index is 1.73. The molecule has 0 amide bonds. The minimum absolute atomic E-state index is 0.229. The average molecular weight is 238 g/mol. The lowest BCUT2D eigenvalue weighted by molar-refractivity contribution is 0.143. The summed E-state index contributed by atoms with van der Waals surface area (Å²) in [6, 6.07) is 6.72. The fourth-order valence-corrected chi connectivity index (χ4v) is 2.03. The summed E-state index contributed by atoms with van der Waals surface area (Å²) in [5.74, 6) is 0.502. The number of halogens is 1. The van der Waals surface area contributed by atoms with Gasteiger partial charge in [0.25, 0.3) is 0 Å². The van der Waals surface area contributed by atoms with Crippen molar-refractivity contribution < 1.29 is 9.13 Å². The van der Waals surface area contributed by atoms with E-state index in [2.05, 4.69) is 17.1 Å². The molecular weight excluding hydrogens is 219 g/mol. The second-order valence-electron chi connectivity index (χ2n) is 4.39. The number of nitrogens with zero attached hydrogens (tertiary/aromatic N) is 1. The molecule has 1 aromatic rings. The molecule has 0 aliphatic carbocycles. The van der Waals surface area contributed by atoms with E-state index in [1.54, 1.807) is 12.1 Å². The summed E-state index contributed by atoms with van der Waals surface area (Å²) in [6.45, 7) is 6.92. The van der Waals surface area contributed by atoms with Crippen LogP contribution in [0.5, 0.6) is 5.75 Å². The van der Waals surface area contributed by atoms with E-state index in [0.717, 1.165) is 31.9 Å². The molecule has 3 nitrogen and oxygen atoms in total. The largest absolute Gasteiger partial charge is 0.492 e. The molecule has 17 heavy (non-hydrogen) atoms. The van der Waals surface area contributed by atoms with Crippen molar-refractivity contribution in [2.45, 2.75) is 13.0 Å². The molecule has 0 radical (unpaired) electrons. The van der Waals surface area contributed by atoms with Gasteiger partial charge in [-0.3, -0.25) is 4.90 Å². The highest BCUT2D eigenvalue weighted by atomic mass is 19.1. The van der Waals surface area contributed by atoms with Gasteiger partial charge in [0.05, 0.1) is 0 Å². The van der Waals surface area contributed by atoms with Crippen molar-refractivity contribution in [3.63, 3.8) is 0 Å². The van der Waals surface area contributed by atoms with E-state index < -0.39 is 0 Å². The van der Waals surface area contributed by atoms with E-state index in [9.17, 15) is 4.39 Å². The van der Waals surface area contributed by atoms with E-state index in [1.165, 1.54) is 12.1 Å². The van der Waals surface area contributed by atoms with E-state index in [-0.39, 0.29) is 5.82 Å². The van der Waals surface area contributed by atoms with E-state index in [1.807, 2.05) is 0 Å². The molecule has 1 aliphatic heterocycles. The third kappa shape index (κ3) is 3.68. The zero-order chi connectivity index (χ0) is 12.1. The first-order chi connectivity index (χ1) is 8.25. The Labute approximate surface area is 102 Å². The van der Waals surface area contributed by atoms with Gasteiger partial charge in [-0.2, -0.15) is 0 Å². The van der Waals surface area contributed by atoms with Gasteiger partial charge < -0.3 is 10.1 Å². The fourth-order valence-electron chi connectivity index (χ4n) is 2.03. The first kappa shape index (κ1) is 12.3. The van der Waals surface area contributed by atoms with Crippen LogP contribution in [0.15, 0.2) is 24.3 Å². The van der Waals surface area contributed by atoms with Crippen LogP contribution in [0.25, 0.3) is 0 Å². The summed E-state index contributed by atoms with van der Waals surface area (Å²) in [7, 11) is 0. The van der Waals surface area contributed by atoms with Crippen molar-refractivity contribution in [1.29, 1.82) is 0 Å². The Kier molecular flexibility index (Phi) is 4.34. The van der Waals surface area contributed by atoms with E-state index >= 15 is 0 Å². The first-order valence-electron chi connectivity index (χ1n) is 6.09. The van der Waals surface area contributed by atoms with Crippen LogP contribution in [0.3, 0.4) is 0 Å². The Hall–Kier alpha value is -1.13. The fraction of sp³-hybridized carbons (Fsp3) is 0.538. The summed E-state index contributed by atoms with van der Waals surface area (Å²) < 4.78 is 18.3. The van der Waals surface area contributed by atoms with Crippen molar-refractivity contribution in [1.82, 2.24) is 10.2 Å². The molecule has 2 rings (SSSR count). The predicted octanol–water partition coefficient (Wildman–Crippen LogP) is 1.50. The zero-order valence-electron chi connectivity index (χ0n) is 10.2. The maximum atomic E-state index is 12.7. The molecule has 1 N–H and O–H groups in total. The van der Waals surface area contributed by atoms with Crippen LogP contribution in [0.4, 0.5) is 4.39 Å². The van der Waals surface area contributed by atoms with Crippen LogP contribution < -0.4 is 10.1 Å². The molecule has 1 aliphatic rings. The van der Waals surface area contributed by atoms with Crippen LogP contribution in [0.2, 0.25) is 0 Å². The van der Waals surface area contributed by atoms with Gasteiger partial charge in [-0.1, -0.05) is 0 Å². The smallest absolute Gasteiger partial charge is 0.123 e. The summed E-state index contributed by atoms with van der Waals surface area (Å²) in [4.78, 5) is 2.40. The molecule has 1 unspecified atom stereocenters. The molecule has 1 aromatic carbocycles. The molecule has 1 atom stereocenters. The van der Waals surface area contributed by atoms with E-state index in [4.69, 9.17) is 4.74 Å². The van der Waals surface area contributed by atoms with Crippen molar-refractivity contribution in [2.24, 2.45) is 0 Å². The minimum atomic E-state index is -0.229. The summed E-state index contributed by atoms with van der Waals surface area (Å²) in [5, 5.41) is 3.35. The quantitative estimate of drug-likeness (QED) is 0.860. The number of ether oxygens (including phenoxy) is 1. The lowest BCUT2D eigenvalue weighted by Crippen LogP contribution is -2.50. The van der Waals surface area contributed by atoms with Gasteiger partial charge in [-0.15, -0.1) is 0 Å². The topological polar surface area (TPSA) is 24.5 Å². The maximum Gasteiger partial charge on any atom is 0.123 e. The predicted molar refractivity (Wildman–Crippen MR) is 65.8 cm³/mol. The van der Waals surface area contributed by atoms with Gasteiger partial charge in [0.2, 0.25) is 0 Å². The minimum Gasteiger partial charge on any atom is -0.492 e. The second-order valence-corrected chi connectivity index (χ2v) is 4.39. The molecule has 1 saturated heterocycles. The van der Waals surface area contributed by atoms with Crippen LogP contribution in [-0.2, 0) is 0 Å². The molecule has 4 heteroatoms. The molecular formula is C13H19FN2O. The highest BCUT2D eigenvalue weighted by Gasteiger charge is 2.16. The van der Waals surface area contributed by atoms with Crippen molar-refractivity contribution >= 4 is 0 Å². The highest BCUT2D eigenvalue weighted by Crippen LogP contribution is 2.11. The van der Waals surface area contributed by atoms with Gasteiger partial charge in [-0.25, -0.2) is 4.39 Å². The normalized spacial score (nSPS) is 21.4. The number of hydrogen-bond donors (Lipinski definition) is 1. The summed E-state index contributed by atoms with van der Waals surface area (Å²) in [6.07, 6.45) is 0. The van der Waals surface area contributed by atoms with Gasteiger partial charge >= 0.3 is 0 Å². The van der Waals surface area contributed by atoms with Gasteiger partial charge in [0.15, 0.2) is 0 Å². The Bertz CT molecular complexity index is 342. The lowest BCUT2D eigenvalue weighted by Gasteiger charge is -2.33. The number of hydrogen-bond acceptors (Lipinski definition) is 3. The van der Waals surface area contributed by atoms with Crippen molar-refractivity contribution in [2.75, 3.05) is 32.8 Å². The molecule has 1 fully saturated rings. The number of benzene rings is 1. The monoisotopic (exact) mass is 238 g/mol. The van der Waals surface area contributed by atoms with Crippen molar-refractivity contribution in [3.05, 3.63) is 30.1 Å². The molecule has 94 valence electrons. The third-order valence-electron chi connectivity index (χ3n) is 3.10. The Morgan fingerprint density at radius 3 is 2.88 bits per heavy atom. The Morgan fingerprint density at radius 2 is 2.18 bits per heavy atom. The van der Waals surface area contributed by atoms with Crippen LogP contribution in [0.1, 0.15) is 6.92 Å². The maximum absolute atomic E-state index is 12.7. The van der Waals surface area contributed by atoms with Crippen LogP contribution in [0, 0.1) is 5.82 Å². The van der Waals surface area contributed by atoms with Gasteiger partial charge in [0.1, 0.15) is 18.2 Å². The van der Waals surface area contributed by atoms with Crippen LogP contribution >= 0.6 is 0 Å².